The molecule has 122 valence electrons. The lowest BCUT2D eigenvalue weighted by atomic mass is 9.87. The fourth-order valence-corrected chi connectivity index (χ4v) is 2.98. The van der Waals surface area contributed by atoms with Crippen molar-refractivity contribution in [3.63, 3.8) is 0 Å². The first-order valence-electron chi connectivity index (χ1n) is 6.72. The van der Waals surface area contributed by atoms with Gasteiger partial charge >= 0.3 is 6.09 Å². The second-order valence-corrected chi connectivity index (χ2v) is 9.16. The Hall–Kier alpha value is -0.920. The lowest BCUT2D eigenvalue weighted by molar-refractivity contribution is 0.137. The smallest absolute Gasteiger partial charge is 0.296 e. The molecule has 0 radical (unpaired) electrons. The monoisotopic (exact) mass is 358 g/mol. The molecule has 7 heteroatoms. The first-order valence-corrected chi connectivity index (χ1v) is 10.1. The highest BCUT2D eigenvalue weighted by molar-refractivity contribution is 8.27. The van der Waals surface area contributed by atoms with E-state index >= 15 is 0 Å². The van der Waals surface area contributed by atoms with Crippen LogP contribution in [0.2, 0.25) is 0 Å². The quantitative estimate of drug-likeness (QED) is 0.353. The van der Waals surface area contributed by atoms with E-state index in [0.717, 1.165) is 4.90 Å². The number of hydrogen-bond acceptors (Lipinski definition) is 5. The molecule has 0 heterocycles. The molecule has 1 aromatic carbocycles. The van der Waals surface area contributed by atoms with Gasteiger partial charge < -0.3 is 0 Å². The molecular weight excluding hydrogens is 336 g/mol. The van der Waals surface area contributed by atoms with Crippen molar-refractivity contribution < 1.29 is 9.63 Å². The van der Waals surface area contributed by atoms with Crippen molar-refractivity contribution in [3.8, 4) is 0 Å². The van der Waals surface area contributed by atoms with Crippen molar-refractivity contribution in [1.29, 1.82) is 0 Å². The standard InChI is InChI=1S/C15H22N2O2S3/c1-11(21-6)16-19-14(18)17(5)22(20)13-9-7-12(8-10-13)15(2,3)4/h7-10H,1-6H3. The Balaban J connectivity index is 2.80. The summed E-state index contributed by atoms with van der Waals surface area (Å²) in [5, 5.41) is 4.41. The van der Waals surface area contributed by atoms with E-state index in [1.54, 1.807) is 14.0 Å². The highest BCUT2D eigenvalue weighted by atomic mass is 32.8. The average Bonchev–Trinajstić information content (AvgIpc) is 2.49. The van der Waals surface area contributed by atoms with Gasteiger partial charge in [0.2, 0.25) is 0 Å². The molecule has 0 saturated heterocycles. The van der Waals surface area contributed by atoms with Crippen molar-refractivity contribution in [2.24, 2.45) is 5.16 Å². The van der Waals surface area contributed by atoms with Crippen LogP contribution >= 0.6 is 11.8 Å². The Kier molecular flexibility index (Phi) is 7.02. The molecule has 1 unspecified atom stereocenters. The third kappa shape index (κ3) is 5.37. The van der Waals surface area contributed by atoms with Gasteiger partial charge in [-0.15, -0.1) is 11.8 Å². The van der Waals surface area contributed by atoms with Gasteiger partial charge in [0.1, 0.15) is 5.04 Å². The number of thioether (sulfide) groups is 1. The number of rotatable bonds is 3. The molecule has 0 fully saturated rings. The maximum Gasteiger partial charge on any atom is 0.446 e. The van der Waals surface area contributed by atoms with Gasteiger partial charge in [-0.1, -0.05) is 38.1 Å². The minimum Gasteiger partial charge on any atom is -0.296 e. The Morgan fingerprint density at radius 3 is 2.32 bits per heavy atom. The van der Waals surface area contributed by atoms with Gasteiger partial charge in [-0.2, -0.15) is 0 Å². The maximum atomic E-state index is 11.9. The minimum absolute atomic E-state index is 0.0908. The number of benzene rings is 1. The molecule has 22 heavy (non-hydrogen) atoms. The van der Waals surface area contributed by atoms with Gasteiger partial charge in [-0.3, -0.25) is 4.84 Å². The van der Waals surface area contributed by atoms with Gasteiger partial charge in [-0.25, -0.2) is 9.10 Å². The molecule has 1 rings (SSSR count). The predicted molar refractivity (Wildman–Crippen MR) is 99.0 cm³/mol. The number of oxime groups is 1. The molecule has 0 saturated carbocycles. The SMILES string of the molecule is CSC(C)=NOC(=O)N(C)S(=S)c1ccc(C(C)(C)C)cc1. The molecule has 4 nitrogen and oxygen atoms in total. The van der Waals surface area contributed by atoms with E-state index in [1.165, 1.54) is 21.6 Å². The van der Waals surface area contributed by atoms with E-state index < -0.39 is 15.7 Å². The topological polar surface area (TPSA) is 41.9 Å². The largest absolute Gasteiger partial charge is 0.446 e. The summed E-state index contributed by atoms with van der Waals surface area (Å²) in [5.41, 5.74) is 1.32. The zero-order valence-corrected chi connectivity index (χ0v) is 16.2. The van der Waals surface area contributed by atoms with Crippen molar-refractivity contribution in [2.45, 2.75) is 38.0 Å². The van der Waals surface area contributed by atoms with Crippen molar-refractivity contribution in [3.05, 3.63) is 29.8 Å². The Morgan fingerprint density at radius 1 is 1.32 bits per heavy atom. The highest BCUT2D eigenvalue weighted by Crippen LogP contribution is 2.23. The van der Waals surface area contributed by atoms with Gasteiger partial charge in [-0.05, 0) is 47.5 Å². The zero-order chi connectivity index (χ0) is 16.9. The third-order valence-corrected chi connectivity index (χ3v) is 6.21. The van der Waals surface area contributed by atoms with Crippen molar-refractivity contribution in [2.75, 3.05) is 13.3 Å². The number of carbonyl (C=O) groups is 1. The summed E-state index contributed by atoms with van der Waals surface area (Å²) >= 11 is 6.86. The fourth-order valence-electron chi connectivity index (χ4n) is 1.50. The van der Waals surface area contributed by atoms with Crippen molar-refractivity contribution in [1.82, 2.24) is 4.31 Å². The molecule has 0 N–H and O–H groups in total. The second-order valence-electron chi connectivity index (χ2n) is 5.69. The highest BCUT2D eigenvalue weighted by Gasteiger charge is 2.17. The van der Waals surface area contributed by atoms with E-state index in [9.17, 15) is 4.79 Å². The Morgan fingerprint density at radius 2 is 1.86 bits per heavy atom. The number of carbonyl (C=O) groups excluding carboxylic acids is 1. The summed E-state index contributed by atoms with van der Waals surface area (Å²) in [7, 11) is 0.831. The first kappa shape index (κ1) is 19.1. The summed E-state index contributed by atoms with van der Waals surface area (Å²) in [6.45, 7) is 8.25. The molecule has 1 atom stereocenters. The van der Waals surface area contributed by atoms with E-state index in [-0.39, 0.29) is 5.41 Å². The van der Waals surface area contributed by atoms with Crippen LogP contribution in [0.4, 0.5) is 4.79 Å². The number of nitrogens with zero attached hydrogens (tertiary/aromatic N) is 2. The molecular formula is C15H22N2O2S3. The molecule has 0 aromatic heterocycles. The number of hydrogen-bond donors (Lipinski definition) is 0. The van der Waals surface area contributed by atoms with Crippen LogP contribution in [0.5, 0.6) is 0 Å². The zero-order valence-electron chi connectivity index (χ0n) is 13.7. The summed E-state index contributed by atoms with van der Waals surface area (Å²) in [6, 6.07) is 8.04. The third-order valence-electron chi connectivity index (χ3n) is 2.98. The van der Waals surface area contributed by atoms with Crippen LogP contribution in [0.1, 0.15) is 33.3 Å². The van der Waals surface area contributed by atoms with Crippen LogP contribution in [-0.2, 0) is 31.1 Å². The van der Waals surface area contributed by atoms with E-state index in [2.05, 4.69) is 38.1 Å². The van der Waals surface area contributed by atoms with E-state index in [0.29, 0.717) is 5.04 Å². The van der Waals surface area contributed by atoms with E-state index in [4.69, 9.17) is 16.0 Å². The normalized spacial score (nSPS) is 13.6. The average molecular weight is 359 g/mol. The summed E-state index contributed by atoms with van der Waals surface area (Å²) < 4.78 is 1.39. The molecule has 1 amide bonds. The van der Waals surface area contributed by atoms with Crippen LogP contribution in [0, 0.1) is 0 Å². The van der Waals surface area contributed by atoms with Gasteiger partial charge in [0.15, 0.2) is 0 Å². The fraction of sp³-hybridized carbons (Fsp3) is 0.467. The molecule has 0 spiro atoms. The molecule has 0 aliphatic heterocycles. The van der Waals surface area contributed by atoms with Crippen LogP contribution in [-0.4, -0.2) is 28.7 Å². The molecule has 0 aliphatic rings. The second kappa shape index (κ2) is 8.08. The predicted octanol–water partition coefficient (Wildman–Crippen LogP) is 4.10. The van der Waals surface area contributed by atoms with Crippen molar-refractivity contribution >= 4 is 43.7 Å². The molecule has 0 aliphatic carbocycles. The summed E-state index contributed by atoms with van der Waals surface area (Å²) in [6.07, 6.45) is 1.32. The lowest BCUT2D eigenvalue weighted by Crippen LogP contribution is -2.28. The van der Waals surface area contributed by atoms with Crippen LogP contribution < -0.4 is 0 Å². The van der Waals surface area contributed by atoms with Crippen LogP contribution in [0.25, 0.3) is 0 Å². The molecule has 0 bridgehead atoms. The number of amides is 1. The molecule has 1 aromatic rings. The van der Waals surface area contributed by atoms with Gasteiger partial charge in [0.05, 0.1) is 0 Å². The first-order chi connectivity index (χ1) is 10.2. The Labute approximate surface area is 144 Å². The Bertz CT molecular complexity index is 577. The van der Waals surface area contributed by atoms with Gasteiger partial charge in [0.25, 0.3) is 0 Å². The van der Waals surface area contributed by atoms with Gasteiger partial charge in [0, 0.05) is 21.6 Å². The lowest BCUT2D eigenvalue weighted by Gasteiger charge is -2.21. The summed E-state index contributed by atoms with van der Waals surface area (Å²) in [4.78, 5) is 17.7. The summed E-state index contributed by atoms with van der Waals surface area (Å²) in [5.74, 6) is 0. The minimum atomic E-state index is -0.794. The van der Waals surface area contributed by atoms with Crippen LogP contribution in [0.3, 0.4) is 0 Å². The maximum absolute atomic E-state index is 11.9. The van der Waals surface area contributed by atoms with E-state index in [1.807, 2.05) is 18.4 Å². The van der Waals surface area contributed by atoms with Crippen LogP contribution in [0.15, 0.2) is 34.3 Å².